The van der Waals surface area contributed by atoms with Gasteiger partial charge in [0.05, 0.1) is 0 Å². The zero-order chi connectivity index (χ0) is 17.3. The second-order valence-electron chi connectivity index (χ2n) is 7.86. The molecular formula is C21H36O2. The molecule has 0 aromatic heterocycles. The van der Waals surface area contributed by atoms with Crippen molar-refractivity contribution in [3.8, 4) is 5.75 Å². The molecule has 0 radical (unpaired) electrons. The van der Waals surface area contributed by atoms with Gasteiger partial charge in [0, 0.05) is 6.61 Å². The molecule has 132 valence electrons. The number of benzene rings is 1. The molecule has 1 aromatic carbocycles. The van der Waals surface area contributed by atoms with Crippen molar-refractivity contribution < 1.29 is 10.2 Å². The minimum Gasteiger partial charge on any atom is -0.507 e. The standard InChI is InChI=1S/C21H36O2/c1-17-15-18(16-19(20(17)23)21(2,3)4)13-11-9-7-5-6-8-10-12-14-22/h15-16,22-23H,5-14H2,1-4H3. The highest BCUT2D eigenvalue weighted by Gasteiger charge is 2.19. The molecule has 23 heavy (non-hydrogen) atoms. The van der Waals surface area contributed by atoms with Crippen LogP contribution in [0, 0.1) is 6.92 Å². The summed E-state index contributed by atoms with van der Waals surface area (Å²) in [6.07, 6.45) is 10.9. The number of unbranched alkanes of at least 4 members (excludes halogenated alkanes) is 7. The van der Waals surface area contributed by atoms with E-state index in [1.165, 1.54) is 50.5 Å². The van der Waals surface area contributed by atoms with Crippen LogP contribution in [0.25, 0.3) is 0 Å². The van der Waals surface area contributed by atoms with E-state index in [0.29, 0.717) is 12.4 Å². The maximum Gasteiger partial charge on any atom is 0.122 e. The van der Waals surface area contributed by atoms with Crippen LogP contribution in [0.15, 0.2) is 12.1 Å². The molecule has 2 N–H and O–H groups in total. The molecule has 0 fully saturated rings. The Morgan fingerprint density at radius 3 is 1.87 bits per heavy atom. The van der Waals surface area contributed by atoms with Gasteiger partial charge in [0.2, 0.25) is 0 Å². The maximum atomic E-state index is 10.3. The number of aliphatic hydroxyl groups excluding tert-OH is 1. The van der Waals surface area contributed by atoms with Gasteiger partial charge in [0.15, 0.2) is 0 Å². The van der Waals surface area contributed by atoms with E-state index in [9.17, 15) is 5.11 Å². The summed E-state index contributed by atoms with van der Waals surface area (Å²) in [5.41, 5.74) is 3.40. The monoisotopic (exact) mass is 320 g/mol. The second kappa shape index (κ2) is 9.97. The number of phenols is 1. The van der Waals surface area contributed by atoms with E-state index >= 15 is 0 Å². The highest BCUT2D eigenvalue weighted by molar-refractivity contribution is 5.46. The average molecular weight is 321 g/mol. The third-order valence-electron chi connectivity index (χ3n) is 4.54. The summed E-state index contributed by atoms with van der Waals surface area (Å²) in [4.78, 5) is 0. The summed E-state index contributed by atoms with van der Waals surface area (Å²) in [6, 6.07) is 4.33. The highest BCUT2D eigenvalue weighted by Crippen LogP contribution is 2.34. The van der Waals surface area contributed by atoms with Gasteiger partial charge in [-0.1, -0.05) is 71.4 Å². The van der Waals surface area contributed by atoms with Crippen molar-refractivity contribution in [1.82, 2.24) is 0 Å². The second-order valence-corrected chi connectivity index (χ2v) is 7.86. The Hall–Kier alpha value is -1.02. The Morgan fingerprint density at radius 1 is 0.826 bits per heavy atom. The molecule has 1 rings (SSSR count). The Labute approximate surface area is 142 Å². The van der Waals surface area contributed by atoms with Gasteiger partial charge in [-0.25, -0.2) is 0 Å². The zero-order valence-corrected chi connectivity index (χ0v) is 15.6. The fourth-order valence-electron chi connectivity index (χ4n) is 3.07. The molecule has 0 atom stereocenters. The number of phenolic OH excluding ortho intramolecular Hbond substituents is 1. The zero-order valence-electron chi connectivity index (χ0n) is 15.6. The molecule has 0 bridgehead atoms. The summed E-state index contributed by atoms with van der Waals surface area (Å²) in [6.45, 7) is 8.80. The fourth-order valence-corrected chi connectivity index (χ4v) is 3.07. The van der Waals surface area contributed by atoms with Crippen molar-refractivity contribution in [3.63, 3.8) is 0 Å². The molecule has 2 nitrogen and oxygen atoms in total. The molecule has 2 heteroatoms. The van der Waals surface area contributed by atoms with Crippen LogP contribution in [0.2, 0.25) is 0 Å². The molecule has 0 saturated heterocycles. The van der Waals surface area contributed by atoms with Crippen molar-refractivity contribution in [2.24, 2.45) is 0 Å². The van der Waals surface area contributed by atoms with Gasteiger partial charge in [-0.15, -0.1) is 0 Å². The van der Waals surface area contributed by atoms with E-state index < -0.39 is 0 Å². The van der Waals surface area contributed by atoms with E-state index in [4.69, 9.17) is 5.11 Å². The quantitative estimate of drug-likeness (QED) is 0.547. The van der Waals surface area contributed by atoms with Crippen LogP contribution in [-0.2, 0) is 11.8 Å². The smallest absolute Gasteiger partial charge is 0.122 e. The van der Waals surface area contributed by atoms with Crippen LogP contribution >= 0.6 is 0 Å². The van der Waals surface area contributed by atoms with Crippen molar-refractivity contribution in [3.05, 3.63) is 28.8 Å². The number of aryl methyl sites for hydroxylation is 2. The maximum absolute atomic E-state index is 10.3. The van der Waals surface area contributed by atoms with Crippen LogP contribution in [0.1, 0.15) is 88.8 Å². The number of hydrogen-bond acceptors (Lipinski definition) is 2. The Morgan fingerprint density at radius 2 is 1.35 bits per heavy atom. The average Bonchev–Trinajstić information content (AvgIpc) is 2.47. The lowest BCUT2D eigenvalue weighted by Gasteiger charge is -2.22. The normalized spacial score (nSPS) is 11.9. The highest BCUT2D eigenvalue weighted by atomic mass is 16.3. The third kappa shape index (κ3) is 7.39. The Balaban J connectivity index is 2.34. The number of aromatic hydroxyl groups is 1. The summed E-state index contributed by atoms with van der Waals surface area (Å²) in [5, 5.41) is 19.0. The van der Waals surface area contributed by atoms with E-state index in [-0.39, 0.29) is 5.41 Å². The third-order valence-corrected chi connectivity index (χ3v) is 4.54. The van der Waals surface area contributed by atoms with E-state index in [1.54, 1.807) is 0 Å². The van der Waals surface area contributed by atoms with Crippen LogP contribution in [0.5, 0.6) is 5.75 Å². The Bertz CT molecular complexity index is 458. The van der Waals surface area contributed by atoms with Crippen molar-refractivity contribution in [2.45, 2.75) is 90.9 Å². The first-order valence-corrected chi connectivity index (χ1v) is 9.30. The van der Waals surface area contributed by atoms with Gasteiger partial charge in [0.25, 0.3) is 0 Å². The Kier molecular flexibility index (Phi) is 8.68. The van der Waals surface area contributed by atoms with Crippen LogP contribution in [-0.4, -0.2) is 16.8 Å². The van der Waals surface area contributed by atoms with Crippen LogP contribution in [0.3, 0.4) is 0 Å². The lowest BCUT2D eigenvalue weighted by Crippen LogP contribution is -2.12. The van der Waals surface area contributed by atoms with E-state index in [2.05, 4.69) is 32.9 Å². The molecule has 0 saturated carbocycles. The minimum absolute atomic E-state index is 0.0145. The summed E-state index contributed by atoms with van der Waals surface area (Å²) >= 11 is 0. The number of hydrogen-bond donors (Lipinski definition) is 2. The van der Waals surface area contributed by atoms with Gasteiger partial charge >= 0.3 is 0 Å². The van der Waals surface area contributed by atoms with Crippen molar-refractivity contribution in [2.75, 3.05) is 6.61 Å². The molecule has 0 amide bonds. The lowest BCUT2D eigenvalue weighted by atomic mass is 9.83. The predicted octanol–water partition coefficient (Wildman–Crippen LogP) is 5.65. The molecule has 0 heterocycles. The van der Waals surface area contributed by atoms with E-state index in [1.807, 2.05) is 6.92 Å². The number of aliphatic hydroxyl groups is 1. The van der Waals surface area contributed by atoms with Gasteiger partial charge in [-0.2, -0.15) is 0 Å². The van der Waals surface area contributed by atoms with Gasteiger partial charge in [0.1, 0.15) is 5.75 Å². The van der Waals surface area contributed by atoms with Crippen LogP contribution < -0.4 is 0 Å². The topological polar surface area (TPSA) is 40.5 Å². The SMILES string of the molecule is Cc1cc(CCCCCCCCCCO)cc(C(C)(C)C)c1O. The summed E-state index contributed by atoms with van der Waals surface area (Å²) in [7, 11) is 0. The van der Waals surface area contributed by atoms with E-state index in [0.717, 1.165) is 24.0 Å². The lowest BCUT2D eigenvalue weighted by molar-refractivity contribution is 0.282. The number of rotatable bonds is 10. The summed E-state index contributed by atoms with van der Waals surface area (Å²) in [5.74, 6) is 0.462. The minimum atomic E-state index is -0.0145. The molecular weight excluding hydrogens is 284 g/mol. The molecule has 0 aliphatic rings. The molecule has 0 aliphatic heterocycles. The van der Waals surface area contributed by atoms with Gasteiger partial charge < -0.3 is 10.2 Å². The van der Waals surface area contributed by atoms with Crippen molar-refractivity contribution >= 4 is 0 Å². The largest absolute Gasteiger partial charge is 0.507 e. The van der Waals surface area contributed by atoms with Crippen LogP contribution in [0.4, 0.5) is 0 Å². The molecule has 0 aliphatic carbocycles. The van der Waals surface area contributed by atoms with Gasteiger partial charge in [-0.05, 0) is 48.3 Å². The first-order chi connectivity index (χ1) is 10.9. The fraction of sp³-hybridized carbons (Fsp3) is 0.714. The first-order valence-electron chi connectivity index (χ1n) is 9.30. The predicted molar refractivity (Wildman–Crippen MR) is 99.3 cm³/mol. The molecule has 1 aromatic rings. The van der Waals surface area contributed by atoms with Crippen molar-refractivity contribution in [1.29, 1.82) is 0 Å². The molecule has 0 spiro atoms. The van der Waals surface area contributed by atoms with Gasteiger partial charge in [-0.3, -0.25) is 0 Å². The molecule has 0 unspecified atom stereocenters. The first kappa shape index (κ1) is 20.0. The summed E-state index contributed by atoms with van der Waals surface area (Å²) < 4.78 is 0.